The van der Waals surface area contributed by atoms with Crippen molar-refractivity contribution in [1.29, 1.82) is 10.5 Å². The number of aromatic nitrogens is 10. The number of methoxy groups -OCH3 is 2. The lowest BCUT2D eigenvalue weighted by atomic mass is 10.1. The summed E-state index contributed by atoms with van der Waals surface area (Å²) in [6.45, 7) is 4.03. The van der Waals surface area contributed by atoms with Crippen LogP contribution in [0, 0.1) is 48.1 Å². The van der Waals surface area contributed by atoms with E-state index in [1.807, 2.05) is 12.1 Å². The van der Waals surface area contributed by atoms with Crippen LogP contribution in [0.15, 0.2) is 80.4 Å². The predicted octanol–water partition coefficient (Wildman–Crippen LogP) is 3.49. The summed E-state index contributed by atoms with van der Waals surface area (Å²) >= 11 is 2.37. The Bertz CT molecular complexity index is 3860. The zero-order chi connectivity index (χ0) is 56.5. The maximum atomic E-state index is 14.3. The zero-order valence-electron chi connectivity index (χ0n) is 42.7. The van der Waals surface area contributed by atoms with E-state index in [1.165, 1.54) is 101 Å². The second-order valence-electron chi connectivity index (χ2n) is 17.4. The number of H-pyrrole nitrogens is 1. The minimum atomic E-state index is -0.979. The molecule has 2 aromatic carbocycles. The predicted molar refractivity (Wildman–Crippen MR) is 281 cm³/mol. The smallest absolute Gasteiger partial charge is 0.332 e. The fraction of sp³-hybridized carbons (Fsp3) is 0.360. The number of aliphatic hydroxyl groups excluding tert-OH is 1. The SMILES string of the molecule is COc1ccc(F)cc1[C@H](CO)OCCC#N.COc1ccc(F)cc1[C@H](Cn1c(=O)n([C@@H]2CCNC2=O)c(=O)c2c(C)c(-n3nccn3)sc21)OCCC#N.Cc1c(-n2nccn2)sc2[nH]c(=O)n([C@@H]3CCNC3=O)c(=O)c12. The molecule has 2 amide bonds. The average molecular weight is 1130 g/mol. The molecule has 8 aromatic rings. The van der Waals surface area contributed by atoms with Crippen molar-refractivity contribution in [3.8, 4) is 33.6 Å². The fourth-order valence-corrected chi connectivity index (χ4v) is 11.3. The number of hydrogen-bond donors (Lipinski definition) is 4. The Hall–Kier alpha value is -8.74. The molecular formula is C50H50F2N14O11S2. The van der Waals surface area contributed by atoms with E-state index in [2.05, 4.69) is 36.0 Å². The van der Waals surface area contributed by atoms with Crippen molar-refractivity contribution in [3.05, 3.63) is 137 Å². The molecule has 2 fully saturated rings. The number of ether oxygens (including phenoxy) is 4. The highest BCUT2D eigenvalue weighted by Gasteiger charge is 2.34. The Morgan fingerprint density at radius 3 is 1.68 bits per heavy atom. The lowest BCUT2D eigenvalue weighted by Crippen LogP contribution is -2.44. The van der Waals surface area contributed by atoms with Gasteiger partial charge in [-0.05, 0) is 63.1 Å². The Kier molecular flexibility index (Phi) is 18.0. The van der Waals surface area contributed by atoms with Gasteiger partial charge in [0.15, 0.2) is 0 Å². The van der Waals surface area contributed by atoms with Gasteiger partial charge in [0.05, 0.1) is 101 Å². The molecule has 10 rings (SSSR count). The van der Waals surface area contributed by atoms with E-state index in [1.54, 1.807) is 13.8 Å². The van der Waals surface area contributed by atoms with Crippen LogP contribution in [-0.4, -0.2) is 113 Å². The van der Waals surface area contributed by atoms with Crippen molar-refractivity contribution in [2.75, 3.05) is 47.1 Å². The van der Waals surface area contributed by atoms with E-state index in [0.717, 1.165) is 20.5 Å². The van der Waals surface area contributed by atoms with Crippen LogP contribution in [0.25, 0.3) is 30.4 Å². The standard InChI is InChI=1S/C25H24FN7O5S.C13H12N6O3S.C12H14FNO3/c1-14-20-22(35)32(17-6-8-28-21(17)34)25(36)31(24(20)39-23(14)33-29-9-10-30-33)13-19(38-11-3-7-27)16-12-15(26)4-5-18(16)37-2;1-6-8-10(23-12(6)19-15-4-5-16-19)17-13(22)18(11(8)21)7-2-3-14-9(7)20;1-16-11-4-3-9(13)7-10(11)12(8-15)17-6-2-5-14/h4-5,9-10,12,17,19H,3,6,8,11,13H2,1-2H3,(H,28,34);4-5,7H,2-3H2,1H3,(H,14,20)(H,17,22);3-4,7,12,15H,2,6,8H2,1H3/t17-,19+;7-;12-/m110/s1. The van der Waals surface area contributed by atoms with Gasteiger partial charge in [0.1, 0.15) is 67.1 Å². The van der Waals surface area contributed by atoms with E-state index in [-0.39, 0.29) is 56.9 Å². The van der Waals surface area contributed by atoms with Gasteiger partial charge in [-0.15, -0.1) is 9.59 Å². The highest BCUT2D eigenvalue weighted by molar-refractivity contribution is 7.21. The van der Waals surface area contributed by atoms with Gasteiger partial charge in [-0.1, -0.05) is 22.7 Å². The van der Waals surface area contributed by atoms with Gasteiger partial charge in [-0.25, -0.2) is 27.5 Å². The molecule has 0 bridgehead atoms. The first kappa shape index (κ1) is 56.5. The zero-order valence-corrected chi connectivity index (χ0v) is 44.3. The molecule has 412 valence electrons. The number of carbonyl (C=O) groups excluding carboxylic acids is 2. The van der Waals surface area contributed by atoms with Crippen molar-refractivity contribution in [1.82, 2.24) is 59.3 Å². The van der Waals surface area contributed by atoms with Gasteiger partial charge in [0, 0.05) is 35.3 Å². The summed E-state index contributed by atoms with van der Waals surface area (Å²) in [5.41, 5.74) is -0.353. The normalized spacial score (nSPS) is 15.6. The lowest BCUT2D eigenvalue weighted by molar-refractivity contribution is -0.122. The number of aliphatic hydroxyl groups is 1. The third-order valence-electron chi connectivity index (χ3n) is 12.7. The van der Waals surface area contributed by atoms with Gasteiger partial charge in [-0.3, -0.25) is 28.7 Å². The number of nitrogens with zero attached hydrogens (tertiary/aromatic N) is 11. The van der Waals surface area contributed by atoms with Crippen LogP contribution in [0.5, 0.6) is 11.5 Å². The maximum Gasteiger partial charge on any atom is 0.332 e. The molecule has 6 aromatic heterocycles. The number of aryl methyl sites for hydroxylation is 2. The van der Waals surface area contributed by atoms with Gasteiger partial charge in [-0.2, -0.15) is 30.9 Å². The van der Waals surface area contributed by atoms with Crippen LogP contribution in [0.3, 0.4) is 0 Å². The Morgan fingerprint density at radius 1 is 0.709 bits per heavy atom. The molecule has 29 heteroatoms. The molecule has 0 radical (unpaired) electrons. The molecule has 25 nitrogen and oxygen atoms in total. The lowest BCUT2D eigenvalue weighted by Gasteiger charge is -2.23. The molecule has 2 aliphatic heterocycles. The minimum Gasteiger partial charge on any atom is -0.496 e. The molecule has 4 atom stereocenters. The fourth-order valence-electron chi connectivity index (χ4n) is 9.02. The van der Waals surface area contributed by atoms with Gasteiger partial charge in [0.25, 0.3) is 11.1 Å². The van der Waals surface area contributed by atoms with E-state index >= 15 is 0 Å². The summed E-state index contributed by atoms with van der Waals surface area (Å²) in [6, 6.07) is 10.1. The number of thiophene rings is 2. The first-order valence-corrected chi connectivity index (χ1v) is 25.9. The summed E-state index contributed by atoms with van der Waals surface area (Å²) in [6.07, 6.45) is 5.42. The van der Waals surface area contributed by atoms with E-state index in [4.69, 9.17) is 29.5 Å². The second kappa shape index (κ2) is 25.2. The largest absolute Gasteiger partial charge is 0.496 e. The maximum absolute atomic E-state index is 14.3. The number of carbonyl (C=O) groups is 2. The molecule has 2 aliphatic rings. The molecule has 4 N–H and O–H groups in total. The average Bonchev–Trinajstić information content (AvgIpc) is 4.49. The number of rotatable bonds is 17. The van der Waals surface area contributed by atoms with Gasteiger partial charge < -0.3 is 34.7 Å². The third-order valence-corrected chi connectivity index (χ3v) is 15.2. The van der Waals surface area contributed by atoms with Gasteiger partial charge >= 0.3 is 11.4 Å². The number of halogens is 2. The molecule has 79 heavy (non-hydrogen) atoms. The summed E-state index contributed by atoms with van der Waals surface area (Å²) < 4.78 is 52.6. The van der Waals surface area contributed by atoms with E-state index < -0.39 is 64.3 Å². The van der Waals surface area contributed by atoms with Gasteiger partial charge in [0.2, 0.25) is 11.8 Å². The minimum absolute atomic E-state index is 0.00925. The first-order valence-electron chi connectivity index (χ1n) is 24.3. The highest BCUT2D eigenvalue weighted by Crippen LogP contribution is 2.35. The van der Waals surface area contributed by atoms with Crippen LogP contribution >= 0.6 is 22.7 Å². The number of hydrogen-bond acceptors (Lipinski definition) is 19. The molecule has 0 unspecified atom stereocenters. The van der Waals surface area contributed by atoms with Crippen molar-refractivity contribution >= 4 is 54.9 Å². The number of benzene rings is 2. The molecule has 2 saturated heterocycles. The molecule has 0 aliphatic carbocycles. The Labute approximate surface area is 453 Å². The summed E-state index contributed by atoms with van der Waals surface area (Å²) in [5, 5.41) is 50.2. The first-order chi connectivity index (χ1) is 38.1. The van der Waals surface area contributed by atoms with Crippen LogP contribution in [0.4, 0.5) is 8.78 Å². The van der Waals surface area contributed by atoms with Crippen LogP contribution < -0.4 is 42.6 Å². The second-order valence-corrected chi connectivity index (χ2v) is 19.4. The number of fused-ring (bicyclic) bond motifs is 2. The topological polar surface area (TPSA) is 323 Å². The van der Waals surface area contributed by atoms with Crippen molar-refractivity contribution in [2.24, 2.45) is 0 Å². The summed E-state index contributed by atoms with van der Waals surface area (Å²) in [4.78, 5) is 83.5. The third kappa shape index (κ3) is 11.8. The van der Waals surface area contributed by atoms with Crippen LogP contribution in [0.1, 0.15) is 72.2 Å². The van der Waals surface area contributed by atoms with Crippen molar-refractivity contribution in [3.63, 3.8) is 0 Å². The van der Waals surface area contributed by atoms with E-state index in [9.17, 15) is 42.7 Å². The quantitative estimate of drug-likeness (QED) is 0.0948. The van der Waals surface area contributed by atoms with E-state index in [0.29, 0.717) is 78.3 Å². The Morgan fingerprint density at radius 2 is 1.19 bits per heavy atom. The van der Waals surface area contributed by atoms with Crippen LogP contribution in [0.2, 0.25) is 0 Å². The van der Waals surface area contributed by atoms with Crippen molar-refractivity contribution < 1.29 is 42.4 Å². The monoisotopic (exact) mass is 1120 g/mol. The van der Waals surface area contributed by atoms with Crippen molar-refractivity contribution in [2.45, 2.75) is 70.4 Å². The number of aromatic amines is 1. The molecule has 0 saturated carbocycles. The molecule has 0 spiro atoms. The Balaban J connectivity index is 0.000000173. The van der Waals surface area contributed by atoms with Crippen LogP contribution in [-0.2, 0) is 25.6 Å². The number of nitriles is 2. The molecule has 8 heterocycles. The number of amides is 2. The highest BCUT2D eigenvalue weighted by atomic mass is 32.1. The molecular weight excluding hydrogens is 1070 g/mol. The summed E-state index contributed by atoms with van der Waals surface area (Å²) in [5.74, 6) is -0.918. The summed E-state index contributed by atoms with van der Waals surface area (Å²) in [7, 11) is 2.89. The number of nitrogens with one attached hydrogen (secondary N) is 3.